The molecule has 3 fully saturated rings. The number of rotatable bonds is 2. The summed E-state index contributed by atoms with van der Waals surface area (Å²) in [5, 5.41) is 8.20. The van der Waals surface area contributed by atoms with Crippen LogP contribution in [0.1, 0.15) is 32.1 Å². The van der Waals surface area contributed by atoms with Crippen molar-refractivity contribution < 1.29 is 0 Å². The van der Waals surface area contributed by atoms with Gasteiger partial charge in [-0.15, -0.1) is 0 Å². The molecule has 2 heteroatoms. The summed E-state index contributed by atoms with van der Waals surface area (Å²) in [4.78, 5) is 0. The Hall–Kier alpha value is -0.500. The lowest BCUT2D eigenvalue weighted by Crippen LogP contribution is -2.33. The van der Waals surface area contributed by atoms with Crippen molar-refractivity contribution in [3.63, 3.8) is 0 Å². The van der Waals surface area contributed by atoms with E-state index in [-0.39, 0.29) is 0 Å². The number of nitrogens with one attached hydrogen (secondary N) is 1. The molecule has 0 saturated heterocycles. The Labute approximate surface area is 101 Å². The topological polar surface area (TPSA) is 12.0 Å². The van der Waals surface area contributed by atoms with Crippen LogP contribution in [0.2, 0.25) is 0 Å². The number of hydrogen-bond donors (Lipinski definition) is 1. The van der Waals surface area contributed by atoms with Crippen molar-refractivity contribution in [2.45, 2.75) is 38.1 Å². The average molecular weight is 233 g/mol. The van der Waals surface area contributed by atoms with E-state index >= 15 is 0 Å². The molecule has 1 aromatic heterocycles. The molecule has 1 heterocycles. The van der Waals surface area contributed by atoms with E-state index in [2.05, 4.69) is 22.1 Å². The molecule has 0 radical (unpaired) electrons. The molecule has 5 atom stereocenters. The summed E-state index contributed by atoms with van der Waals surface area (Å²) in [5.74, 6) is 4.26. The van der Waals surface area contributed by atoms with Gasteiger partial charge in [-0.25, -0.2) is 0 Å². The fraction of sp³-hybridized carbons (Fsp3) is 0.714. The van der Waals surface area contributed by atoms with Crippen molar-refractivity contribution in [2.75, 3.05) is 5.32 Å². The number of fused-ring (bicyclic) bond motifs is 5. The molecule has 0 aromatic carbocycles. The molecule has 2 bridgehead atoms. The summed E-state index contributed by atoms with van der Waals surface area (Å²) in [7, 11) is 0. The third-order valence-corrected chi connectivity index (χ3v) is 5.99. The molecular weight excluding hydrogens is 214 g/mol. The highest BCUT2D eigenvalue weighted by Gasteiger charge is 2.53. The Morgan fingerprint density at radius 2 is 2.06 bits per heavy atom. The van der Waals surface area contributed by atoms with Gasteiger partial charge in [-0.05, 0) is 60.8 Å². The number of hydrogen-bond acceptors (Lipinski definition) is 2. The lowest BCUT2D eigenvalue weighted by atomic mass is 9.79. The van der Waals surface area contributed by atoms with Crippen LogP contribution in [0, 0.1) is 23.7 Å². The third kappa shape index (κ3) is 1.29. The minimum absolute atomic E-state index is 0.791. The average Bonchev–Trinajstić information content (AvgIpc) is 2.99. The van der Waals surface area contributed by atoms with Gasteiger partial charge in [0, 0.05) is 17.1 Å². The summed E-state index contributed by atoms with van der Waals surface area (Å²) in [6.07, 6.45) is 7.54. The van der Waals surface area contributed by atoms with Gasteiger partial charge in [0.1, 0.15) is 0 Å². The van der Waals surface area contributed by atoms with E-state index in [1.807, 2.05) is 0 Å². The summed E-state index contributed by atoms with van der Waals surface area (Å²) < 4.78 is 0. The molecule has 16 heavy (non-hydrogen) atoms. The van der Waals surface area contributed by atoms with Gasteiger partial charge in [0.2, 0.25) is 0 Å². The summed E-state index contributed by atoms with van der Waals surface area (Å²) >= 11 is 1.80. The Balaban J connectivity index is 1.52. The van der Waals surface area contributed by atoms with Crippen molar-refractivity contribution >= 4 is 17.0 Å². The zero-order valence-electron chi connectivity index (χ0n) is 9.56. The molecule has 1 nitrogen and oxygen atoms in total. The van der Waals surface area contributed by atoms with Crippen LogP contribution in [-0.4, -0.2) is 6.04 Å². The van der Waals surface area contributed by atoms with E-state index < -0.39 is 0 Å². The van der Waals surface area contributed by atoms with Crippen molar-refractivity contribution in [3.8, 4) is 0 Å². The first-order valence-corrected chi connectivity index (χ1v) is 7.65. The van der Waals surface area contributed by atoms with Gasteiger partial charge in [0.15, 0.2) is 0 Å². The standard InChI is InChI=1S/C14H19NS/c1-2-11-9-6-13(12(11)3-1)14(7-9)15-10-4-5-16-8-10/h4-5,8-9,11-15H,1-3,6-7H2. The first-order valence-electron chi connectivity index (χ1n) is 6.70. The second-order valence-electron chi connectivity index (χ2n) is 5.92. The quantitative estimate of drug-likeness (QED) is 0.814. The molecule has 5 unspecified atom stereocenters. The molecule has 3 saturated carbocycles. The summed E-state index contributed by atoms with van der Waals surface area (Å²) in [6.45, 7) is 0. The first-order chi connectivity index (χ1) is 7.92. The van der Waals surface area contributed by atoms with Crippen LogP contribution in [0.5, 0.6) is 0 Å². The third-order valence-electron chi connectivity index (χ3n) is 5.30. The summed E-state index contributed by atoms with van der Waals surface area (Å²) in [5.41, 5.74) is 1.36. The maximum atomic E-state index is 3.78. The molecule has 0 amide bonds. The van der Waals surface area contributed by atoms with Gasteiger partial charge in [-0.1, -0.05) is 6.42 Å². The second kappa shape index (κ2) is 3.49. The van der Waals surface area contributed by atoms with E-state index in [9.17, 15) is 0 Å². The normalized spacial score (nSPS) is 44.9. The smallest absolute Gasteiger partial charge is 0.0451 e. The molecule has 86 valence electrons. The van der Waals surface area contributed by atoms with Crippen LogP contribution in [0.25, 0.3) is 0 Å². The molecule has 0 aliphatic heterocycles. The lowest BCUT2D eigenvalue weighted by Gasteiger charge is -2.32. The van der Waals surface area contributed by atoms with Crippen molar-refractivity contribution in [2.24, 2.45) is 23.7 Å². The zero-order valence-corrected chi connectivity index (χ0v) is 10.4. The van der Waals surface area contributed by atoms with Crippen molar-refractivity contribution in [1.82, 2.24) is 0 Å². The monoisotopic (exact) mass is 233 g/mol. The van der Waals surface area contributed by atoms with Crippen LogP contribution < -0.4 is 5.32 Å². The summed E-state index contributed by atoms with van der Waals surface area (Å²) in [6, 6.07) is 3.02. The fourth-order valence-corrected chi connectivity index (χ4v) is 5.39. The molecule has 4 rings (SSSR count). The molecule has 3 aliphatic carbocycles. The van der Waals surface area contributed by atoms with Crippen molar-refractivity contribution in [1.29, 1.82) is 0 Å². The van der Waals surface area contributed by atoms with Crippen LogP contribution in [-0.2, 0) is 0 Å². The fourth-order valence-electron chi connectivity index (χ4n) is 4.79. The minimum atomic E-state index is 0.791. The van der Waals surface area contributed by atoms with E-state index in [1.54, 1.807) is 11.3 Å². The molecular formula is C14H19NS. The SMILES string of the molecule is c1cc(NC2CC3CC2C2CCCC32)cs1. The second-order valence-corrected chi connectivity index (χ2v) is 6.70. The Kier molecular flexibility index (Phi) is 2.08. The molecule has 0 spiro atoms. The number of thiophene rings is 1. The Morgan fingerprint density at radius 3 is 2.94 bits per heavy atom. The van der Waals surface area contributed by atoms with Gasteiger partial charge in [0.25, 0.3) is 0 Å². The van der Waals surface area contributed by atoms with E-state index in [0.717, 1.165) is 29.7 Å². The Morgan fingerprint density at radius 1 is 1.12 bits per heavy atom. The van der Waals surface area contributed by atoms with Crippen LogP contribution in [0.4, 0.5) is 5.69 Å². The zero-order chi connectivity index (χ0) is 10.5. The predicted octanol–water partition coefficient (Wildman–Crippen LogP) is 3.98. The van der Waals surface area contributed by atoms with Gasteiger partial charge in [0.05, 0.1) is 0 Å². The van der Waals surface area contributed by atoms with E-state index in [0.29, 0.717) is 0 Å². The van der Waals surface area contributed by atoms with E-state index in [1.165, 1.54) is 37.8 Å². The van der Waals surface area contributed by atoms with Gasteiger partial charge < -0.3 is 5.32 Å². The lowest BCUT2D eigenvalue weighted by molar-refractivity contribution is 0.243. The Bertz CT molecular complexity index is 372. The molecule has 3 aliphatic rings. The van der Waals surface area contributed by atoms with Crippen LogP contribution in [0.3, 0.4) is 0 Å². The number of anilines is 1. The highest BCUT2D eigenvalue weighted by Crippen LogP contribution is 2.59. The van der Waals surface area contributed by atoms with Gasteiger partial charge >= 0.3 is 0 Å². The molecule has 1 N–H and O–H groups in total. The maximum absolute atomic E-state index is 3.78. The van der Waals surface area contributed by atoms with Gasteiger partial charge in [-0.3, -0.25) is 0 Å². The van der Waals surface area contributed by atoms with Crippen molar-refractivity contribution in [3.05, 3.63) is 16.8 Å². The van der Waals surface area contributed by atoms with Gasteiger partial charge in [-0.2, -0.15) is 11.3 Å². The maximum Gasteiger partial charge on any atom is 0.0451 e. The highest BCUT2D eigenvalue weighted by atomic mass is 32.1. The highest BCUT2D eigenvalue weighted by molar-refractivity contribution is 7.08. The van der Waals surface area contributed by atoms with Crippen LogP contribution >= 0.6 is 11.3 Å². The van der Waals surface area contributed by atoms with E-state index in [4.69, 9.17) is 0 Å². The van der Waals surface area contributed by atoms with Crippen LogP contribution in [0.15, 0.2) is 16.8 Å². The predicted molar refractivity (Wildman–Crippen MR) is 68.8 cm³/mol. The first kappa shape index (κ1) is 9.52. The molecule has 1 aromatic rings. The minimum Gasteiger partial charge on any atom is -0.381 e. The largest absolute Gasteiger partial charge is 0.381 e.